The first-order valence-corrected chi connectivity index (χ1v) is 9.77. The van der Waals surface area contributed by atoms with Crippen molar-refractivity contribution < 1.29 is 9.53 Å². The smallest absolute Gasteiger partial charge is 0.248 e. The summed E-state index contributed by atoms with van der Waals surface area (Å²) in [6.45, 7) is 4.65. The molecule has 0 radical (unpaired) electrons. The predicted octanol–water partition coefficient (Wildman–Crippen LogP) is 3.45. The van der Waals surface area contributed by atoms with E-state index in [0.717, 1.165) is 35.9 Å². The molecule has 1 saturated carbocycles. The number of hydrogen-bond acceptors (Lipinski definition) is 3. The fraction of sp³-hybridized carbons (Fsp3) is 0.364. The summed E-state index contributed by atoms with van der Waals surface area (Å²) >= 11 is 0. The fourth-order valence-electron chi connectivity index (χ4n) is 2.80. The maximum absolute atomic E-state index is 11.3. The third-order valence-electron chi connectivity index (χ3n) is 4.57. The highest BCUT2D eigenvalue weighted by atomic mass is 127. The molecule has 4 N–H and O–H groups in total. The lowest BCUT2D eigenvalue weighted by Gasteiger charge is -2.14. The summed E-state index contributed by atoms with van der Waals surface area (Å²) in [6.07, 6.45) is 2.54. The van der Waals surface area contributed by atoms with E-state index in [-0.39, 0.29) is 24.0 Å². The Morgan fingerprint density at radius 1 is 1.17 bits per heavy atom. The van der Waals surface area contributed by atoms with Crippen LogP contribution in [0.4, 0.5) is 0 Å². The minimum atomic E-state index is -0.432. The normalized spacial score (nSPS) is 13.3. The fourth-order valence-corrected chi connectivity index (χ4v) is 2.80. The summed E-state index contributed by atoms with van der Waals surface area (Å²) in [5.74, 6) is 1.92. The number of para-hydroxylation sites is 1. The van der Waals surface area contributed by atoms with Crippen LogP contribution in [0, 0.1) is 5.92 Å². The van der Waals surface area contributed by atoms with E-state index >= 15 is 0 Å². The van der Waals surface area contributed by atoms with Crippen molar-refractivity contribution in [2.75, 3.05) is 13.2 Å². The van der Waals surface area contributed by atoms with E-state index in [0.29, 0.717) is 24.6 Å². The summed E-state index contributed by atoms with van der Waals surface area (Å²) in [7, 11) is 0. The van der Waals surface area contributed by atoms with Gasteiger partial charge in [-0.15, -0.1) is 24.0 Å². The quantitative estimate of drug-likeness (QED) is 0.275. The number of carbonyl (C=O) groups is 1. The Bertz CT molecular complexity index is 837. The van der Waals surface area contributed by atoms with Crippen LogP contribution in [0.25, 0.3) is 0 Å². The third-order valence-corrected chi connectivity index (χ3v) is 4.57. The number of hydrogen-bond donors (Lipinski definition) is 3. The second-order valence-corrected chi connectivity index (χ2v) is 6.98. The number of nitrogens with zero attached hydrogens (tertiary/aromatic N) is 1. The molecule has 1 amide bonds. The number of halogens is 1. The van der Waals surface area contributed by atoms with Gasteiger partial charge < -0.3 is 21.1 Å². The summed E-state index contributed by atoms with van der Waals surface area (Å²) in [5.41, 5.74) is 7.87. The number of rotatable bonds is 9. The van der Waals surface area contributed by atoms with Gasteiger partial charge in [0.25, 0.3) is 0 Å². The van der Waals surface area contributed by atoms with E-state index in [2.05, 4.69) is 21.7 Å². The molecule has 0 aromatic heterocycles. The average molecular weight is 508 g/mol. The number of benzene rings is 2. The molecular formula is C22H29IN4O2. The molecule has 0 heterocycles. The Hall–Kier alpha value is -2.29. The van der Waals surface area contributed by atoms with Crippen LogP contribution in [0.15, 0.2) is 53.5 Å². The molecule has 156 valence electrons. The lowest BCUT2D eigenvalue weighted by Crippen LogP contribution is -2.36. The monoisotopic (exact) mass is 508 g/mol. The van der Waals surface area contributed by atoms with Gasteiger partial charge in [-0.05, 0) is 49.4 Å². The Balaban J connectivity index is 0.00000300. The van der Waals surface area contributed by atoms with E-state index in [4.69, 9.17) is 10.5 Å². The molecule has 0 unspecified atom stereocenters. The van der Waals surface area contributed by atoms with Crippen molar-refractivity contribution in [2.45, 2.75) is 32.9 Å². The number of aliphatic imine (C=N–C) groups is 1. The van der Waals surface area contributed by atoms with Crippen molar-refractivity contribution >= 4 is 35.8 Å². The molecule has 2 aromatic carbocycles. The average Bonchev–Trinajstić information content (AvgIpc) is 3.54. The van der Waals surface area contributed by atoms with E-state index in [9.17, 15) is 4.79 Å². The van der Waals surface area contributed by atoms with Gasteiger partial charge in [-0.2, -0.15) is 0 Å². The zero-order chi connectivity index (χ0) is 19.8. The maximum Gasteiger partial charge on any atom is 0.248 e. The summed E-state index contributed by atoms with van der Waals surface area (Å²) in [5, 5.41) is 6.60. The first-order valence-electron chi connectivity index (χ1n) is 9.77. The van der Waals surface area contributed by atoms with Crippen molar-refractivity contribution in [3.05, 3.63) is 65.2 Å². The van der Waals surface area contributed by atoms with Crippen LogP contribution in [0.5, 0.6) is 5.75 Å². The molecule has 0 bridgehead atoms. The van der Waals surface area contributed by atoms with Crippen LogP contribution >= 0.6 is 24.0 Å². The first-order chi connectivity index (χ1) is 13.7. The third kappa shape index (κ3) is 7.56. The van der Waals surface area contributed by atoms with Crippen molar-refractivity contribution in [1.29, 1.82) is 0 Å². The number of carbonyl (C=O) groups excluding carboxylic acids is 1. The Kier molecular flexibility index (Phi) is 9.24. The minimum absolute atomic E-state index is 0. The highest BCUT2D eigenvalue weighted by molar-refractivity contribution is 14.0. The topological polar surface area (TPSA) is 88.7 Å². The lowest BCUT2D eigenvalue weighted by atomic mass is 10.1. The molecule has 1 aliphatic rings. The molecule has 1 aliphatic carbocycles. The number of ether oxygens (including phenoxy) is 1. The Morgan fingerprint density at radius 2 is 1.97 bits per heavy atom. The standard InChI is InChI=1S/C22H28N4O2.HI/c1-2-24-22(25-13-17-6-5-8-18(12-17)21(23)27)26-14-19-7-3-4-9-20(19)28-15-16-10-11-16;/h3-9,12,16H,2,10-11,13-15H2,1H3,(H2,23,27)(H2,24,25,26);1H. The molecule has 2 aromatic rings. The van der Waals surface area contributed by atoms with Gasteiger partial charge in [0.15, 0.2) is 5.96 Å². The van der Waals surface area contributed by atoms with E-state index in [1.54, 1.807) is 12.1 Å². The highest BCUT2D eigenvalue weighted by Gasteiger charge is 2.22. The van der Waals surface area contributed by atoms with Crippen molar-refractivity contribution in [3.8, 4) is 5.75 Å². The van der Waals surface area contributed by atoms with Crippen LogP contribution in [0.1, 0.15) is 41.3 Å². The molecule has 0 spiro atoms. The van der Waals surface area contributed by atoms with E-state index in [1.165, 1.54) is 12.8 Å². The first kappa shape index (κ1) is 23.0. The molecule has 0 aliphatic heterocycles. The Labute approximate surface area is 189 Å². The zero-order valence-corrected chi connectivity index (χ0v) is 19.0. The molecule has 1 fully saturated rings. The van der Waals surface area contributed by atoms with Gasteiger partial charge in [-0.1, -0.05) is 30.3 Å². The van der Waals surface area contributed by atoms with Crippen LogP contribution in [0.3, 0.4) is 0 Å². The molecule has 0 atom stereocenters. The van der Waals surface area contributed by atoms with E-state index in [1.807, 2.05) is 37.3 Å². The zero-order valence-electron chi connectivity index (χ0n) is 16.7. The molecule has 3 rings (SSSR count). The number of amides is 1. The molecule has 6 nitrogen and oxygen atoms in total. The van der Waals surface area contributed by atoms with Gasteiger partial charge in [0.2, 0.25) is 5.91 Å². The van der Waals surface area contributed by atoms with Crippen molar-refractivity contribution in [1.82, 2.24) is 10.6 Å². The van der Waals surface area contributed by atoms with Crippen molar-refractivity contribution in [2.24, 2.45) is 16.6 Å². The number of nitrogens with two attached hydrogens (primary N) is 1. The van der Waals surface area contributed by atoms with Gasteiger partial charge in [-0.3, -0.25) is 4.79 Å². The molecule has 0 saturated heterocycles. The SMILES string of the molecule is CCNC(=NCc1cccc(C(N)=O)c1)NCc1ccccc1OCC1CC1.I. The van der Waals surface area contributed by atoms with Gasteiger partial charge in [-0.25, -0.2) is 4.99 Å². The van der Waals surface area contributed by atoms with Gasteiger partial charge >= 0.3 is 0 Å². The second-order valence-electron chi connectivity index (χ2n) is 6.98. The molecular weight excluding hydrogens is 479 g/mol. The van der Waals surface area contributed by atoms with Crippen LogP contribution in [0.2, 0.25) is 0 Å². The maximum atomic E-state index is 11.3. The van der Waals surface area contributed by atoms with Gasteiger partial charge in [0.05, 0.1) is 13.2 Å². The Morgan fingerprint density at radius 3 is 2.69 bits per heavy atom. The van der Waals surface area contributed by atoms with Crippen LogP contribution in [-0.2, 0) is 13.1 Å². The van der Waals surface area contributed by atoms with Crippen LogP contribution in [-0.4, -0.2) is 25.0 Å². The molecule has 7 heteroatoms. The highest BCUT2D eigenvalue weighted by Crippen LogP contribution is 2.30. The summed E-state index contributed by atoms with van der Waals surface area (Å²) < 4.78 is 5.97. The molecule has 29 heavy (non-hydrogen) atoms. The number of primary amides is 1. The summed E-state index contributed by atoms with van der Waals surface area (Å²) in [4.78, 5) is 15.9. The second kappa shape index (κ2) is 11.6. The number of guanidine groups is 1. The summed E-state index contributed by atoms with van der Waals surface area (Å²) in [6, 6.07) is 15.3. The lowest BCUT2D eigenvalue weighted by molar-refractivity contribution is 0.1000. The van der Waals surface area contributed by atoms with Gasteiger partial charge in [0, 0.05) is 24.2 Å². The van der Waals surface area contributed by atoms with Crippen LogP contribution < -0.4 is 21.1 Å². The minimum Gasteiger partial charge on any atom is -0.493 e. The number of nitrogens with one attached hydrogen (secondary N) is 2. The predicted molar refractivity (Wildman–Crippen MR) is 127 cm³/mol. The van der Waals surface area contributed by atoms with E-state index < -0.39 is 5.91 Å². The largest absolute Gasteiger partial charge is 0.493 e. The van der Waals surface area contributed by atoms with Crippen molar-refractivity contribution in [3.63, 3.8) is 0 Å². The van der Waals surface area contributed by atoms with Gasteiger partial charge in [0.1, 0.15) is 5.75 Å².